The van der Waals surface area contributed by atoms with E-state index < -0.39 is 22.8 Å². The lowest BCUT2D eigenvalue weighted by Gasteiger charge is -2.03. The van der Waals surface area contributed by atoms with Gasteiger partial charge in [-0.2, -0.15) is 0 Å². The Bertz CT molecular complexity index is 160. The van der Waals surface area contributed by atoms with Crippen LogP contribution in [0.1, 0.15) is 13.3 Å². The van der Waals surface area contributed by atoms with Crippen molar-refractivity contribution in [2.45, 2.75) is 19.4 Å². The first kappa shape index (κ1) is 10.6. The molecule has 0 amide bonds. The fraction of sp³-hybridized carbons (Fsp3) is 0.833. The van der Waals surface area contributed by atoms with E-state index in [9.17, 15) is 9.00 Å². The Morgan fingerprint density at radius 1 is 1.73 bits per heavy atom. The lowest BCUT2D eigenvalue weighted by Crippen LogP contribution is -2.31. The van der Waals surface area contributed by atoms with Gasteiger partial charge >= 0.3 is 5.97 Å². The monoisotopic (exact) mass is 179 g/mol. The summed E-state index contributed by atoms with van der Waals surface area (Å²) in [5, 5.41) is 8.34. The fourth-order valence-electron chi connectivity index (χ4n) is 0.526. The largest absolute Gasteiger partial charge is 0.480 e. The number of hydrogen-bond donors (Lipinski definition) is 2. The van der Waals surface area contributed by atoms with Gasteiger partial charge in [0.1, 0.15) is 6.04 Å². The maximum absolute atomic E-state index is 10.8. The third-order valence-electron chi connectivity index (χ3n) is 1.30. The highest BCUT2D eigenvalue weighted by Crippen LogP contribution is 1.92. The van der Waals surface area contributed by atoms with Gasteiger partial charge in [-0.15, -0.1) is 0 Å². The molecule has 0 aliphatic carbocycles. The zero-order valence-corrected chi connectivity index (χ0v) is 7.26. The summed E-state index contributed by atoms with van der Waals surface area (Å²) in [5.74, 6) is -0.0888. The van der Waals surface area contributed by atoms with Gasteiger partial charge in [0.05, 0.1) is 0 Å². The van der Waals surface area contributed by atoms with Crippen LogP contribution in [0, 0.1) is 0 Å². The lowest BCUT2D eigenvalue weighted by atomic mass is 10.2. The van der Waals surface area contributed by atoms with Gasteiger partial charge in [0, 0.05) is 22.3 Å². The average Bonchev–Trinajstić information content (AvgIpc) is 1.99. The topological polar surface area (TPSA) is 80.4 Å². The van der Waals surface area contributed by atoms with Crippen LogP contribution in [0.15, 0.2) is 0 Å². The van der Waals surface area contributed by atoms with Gasteiger partial charge < -0.3 is 10.8 Å². The van der Waals surface area contributed by atoms with E-state index in [1.807, 2.05) is 0 Å². The first-order chi connectivity index (χ1) is 5.07. The second-order valence-electron chi connectivity index (χ2n) is 2.17. The van der Waals surface area contributed by atoms with Crippen molar-refractivity contribution in [3.8, 4) is 0 Å². The van der Waals surface area contributed by atoms with Crippen LogP contribution < -0.4 is 5.73 Å². The van der Waals surface area contributed by atoms with Gasteiger partial charge in [-0.3, -0.25) is 9.00 Å². The van der Waals surface area contributed by atoms with Crippen molar-refractivity contribution >= 4 is 16.8 Å². The van der Waals surface area contributed by atoms with Crippen molar-refractivity contribution in [3.05, 3.63) is 0 Å². The highest BCUT2D eigenvalue weighted by molar-refractivity contribution is 7.84. The molecule has 0 aromatic rings. The number of hydrogen-bond acceptors (Lipinski definition) is 3. The van der Waals surface area contributed by atoms with Gasteiger partial charge in [0.25, 0.3) is 0 Å². The number of rotatable bonds is 5. The summed E-state index contributed by atoms with van der Waals surface area (Å²) in [6.07, 6.45) is 0.287. The Hall–Kier alpha value is -0.420. The number of carboxylic acid groups (broad SMARTS) is 1. The summed E-state index contributed by atoms with van der Waals surface area (Å²) < 4.78 is 10.8. The van der Waals surface area contributed by atoms with E-state index in [0.29, 0.717) is 11.5 Å². The van der Waals surface area contributed by atoms with Crippen molar-refractivity contribution in [3.63, 3.8) is 0 Å². The Balaban J connectivity index is 3.54. The predicted molar refractivity (Wildman–Crippen MR) is 43.8 cm³/mol. The highest BCUT2D eigenvalue weighted by atomic mass is 32.2. The molecule has 3 N–H and O–H groups in total. The Labute approximate surface area is 68.2 Å². The van der Waals surface area contributed by atoms with E-state index in [4.69, 9.17) is 10.8 Å². The first-order valence-corrected chi connectivity index (χ1v) is 4.90. The zero-order valence-electron chi connectivity index (χ0n) is 6.45. The van der Waals surface area contributed by atoms with Crippen LogP contribution in [0.4, 0.5) is 0 Å². The van der Waals surface area contributed by atoms with Crippen molar-refractivity contribution < 1.29 is 14.1 Å². The normalized spacial score (nSPS) is 15.8. The molecule has 2 atom stereocenters. The molecule has 0 rings (SSSR count). The third-order valence-corrected chi connectivity index (χ3v) is 2.63. The minimum absolute atomic E-state index is 0.287. The lowest BCUT2D eigenvalue weighted by molar-refractivity contribution is -0.138. The van der Waals surface area contributed by atoms with Crippen molar-refractivity contribution in [1.29, 1.82) is 0 Å². The Morgan fingerprint density at radius 3 is 2.64 bits per heavy atom. The molecular weight excluding hydrogens is 166 g/mol. The summed E-state index contributed by atoms with van der Waals surface area (Å²) in [6.45, 7) is 1.79. The molecule has 0 aromatic heterocycles. The molecule has 0 heterocycles. The fourth-order valence-corrected chi connectivity index (χ4v) is 1.33. The number of aliphatic carboxylic acids is 1. The molecule has 0 aromatic carbocycles. The van der Waals surface area contributed by atoms with Crippen LogP contribution in [-0.4, -0.2) is 32.8 Å². The molecule has 66 valence electrons. The standard InChI is InChI=1S/C6H13NO3S/c1-2-11(10)4-3-5(7)6(8)9/h5H,2-4,7H2,1H3,(H,8,9)/t5-,11+/m0/s1. The highest BCUT2D eigenvalue weighted by Gasteiger charge is 2.11. The molecule has 0 bridgehead atoms. The molecule has 0 aliphatic rings. The molecule has 0 radical (unpaired) electrons. The molecular formula is C6H13NO3S. The molecule has 0 saturated heterocycles. The van der Waals surface area contributed by atoms with Crippen molar-refractivity contribution in [2.24, 2.45) is 5.73 Å². The molecule has 0 saturated carbocycles. The summed E-state index contributed by atoms with van der Waals surface area (Å²) in [7, 11) is -0.907. The summed E-state index contributed by atoms with van der Waals surface area (Å²) in [4.78, 5) is 10.2. The molecule has 0 unspecified atom stereocenters. The molecule has 0 spiro atoms. The van der Waals surface area contributed by atoms with Gasteiger partial charge in [0.15, 0.2) is 0 Å². The molecule has 0 fully saturated rings. The number of nitrogens with two attached hydrogens (primary N) is 1. The van der Waals surface area contributed by atoms with E-state index in [0.717, 1.165) is 0 Å². The Morgan fingerprint density at radius 2 is 2.27 bits per heavy atom. The zero-order chi connectivity index (χ0) is 8.85. The maximum Gasteiger partial charge on any atom is 0.320 e. The second kappa shape index (κ2) is 5.26. The van der Waals surface area contributed by atoms with Crippen LogP contribution >= 0.6 is 0 Å². The quantitative estimate of drug-likeness (QED) is 0.599. The number of carbonyl (C=O) groups is 1. The first-order valence-electron chi connectivity index (χ1n) is 3.41. The minimum atomic E-state index is -1.03. The molecule has 5 heteroatoms. The van der Waals surface area contributed by atoms with E-state index in [1.165, 1.54) is 0 Å². The van der Waals surface area contributed by atoms with Crippen LogP contribution in [0.3, 0.4) is 0 Å². The van der Waals surface area contributed by atoms with Gasteiger partial charge in [-0.25, -0.2) is 0 Å². The minimum Gasteiger partial charge on any atom is -0.480 e. The van der Waals surface area contributed by atoms with Crippen LogP contribution in [0.5, 0.6) is 0 Å². The van der Waals surface area contributed by atoms with E-state index >= 15 is 0 Å². The SMILES string of the molecule is CC[S@@](=O)CC[C@H](N)C(=O)O. The molecule has 11 heavy (non-hydrogen) atoms. The Kier molecular flexibility index (Phi) is 5.06. The van der Waals surface area contributed by atoms with Crippen molar-refractivity contribution in [1.82, 2.24) is 0 Å². The second-order valence-corrected chi connectivity index (χ2v) is 4.03. The van der Waals surface area contributed by atoms with Gasteiger partial charge in [0.2, 0.25) is 0 Å². The van der Waals surface area contributed by atoms with Crippen LogP contribution in [0.25, 0.3) is 0 Å². The number of carboxylic acids is 1. The maximum atomic E-state index is 10.8. The average molecular weight is 179 g/mol. The smallest absolute Gasteiger partial charge is 0.320 e. The van der Waals surface area contributed by atoms with Crippen molar-refractivity contribution in [2.75, 3.05) is 11.5 Å². The van der Waals surface area contributed by atoms with Gasteiger partial charge in [-0.05, 0) is 6.42 Å². The third kappa shape index (κ3) is 4.92. The van der Waals surface area contributed by atoms with E-state index in [1.54, 1.807) is 6.92 Å². The summed E-state index contributed by atoms with van der Waals surface area (Å²) >= 11 is 0. The van der Waals surface area contributed by atoms with Crippen LogP contribution in [0.2, 0.25) is 0 Å². The molecule has 4 nitrogen and oxygen atoms in total. The summed E-state index contributed by atoms with van der Waals surface area (Å²) in [6, 6.07) is -0.870. The predicted octanol–water partition coefficient (Wildman–Crippen LogP) is -0.443. The van der Waals surface area contributed by atoms with Gasteiger partial charge in [-0.1, -0.05) is 6.92 Å². The molecule has 0 aliphatic heterocycles. The summed E-state index contributed by atoms with van der Waals surface area (Å²) in [5.41, 5.74) is 5.19. The van der Waals surface area contributed by atoms with E-state index in [2.05, 4.69) is 0 Å². The van der Waals surface area contributed by atoms with Crippen LogP contribution in [-0.2, 0) is 15.6 Å². The van der Waals surface area contributed by atoms with E-state index in [-0.39, 0.29) is 6.42 Å².